The maximum absolute atomic E-state index is 13.6. The first-order valence-corrected chi connectivity index (χ1v) is 7.55. The lowest BCUT2D eigenvalue weighted by atomic mass is 10.1. The summed E-state index contributed by atoms with van der Waals surface area (Å²) in [6.45, 7) is 8.77. The molecule has 22 heavy (non-hydrogen) atoms. The SMILES string of the molecule is CCNC(=O)CN=C(NCC)NC(C)c1ccc(C)c(F)c1. The first kappa shape index (κ1) is 17.9. The van der Waals surface area contributed by atoms with E-state index in [4.69, 9.17) is 0 Å². The van der Waals surface area contributed by atoms with E-state index in [1.807, 2.05) is 26.8 Å². The number of amides is 1. The maximum atomic E-state index is 13.6. The zero-order valence-electron chi connectivity index (χ0n) is 13.7. The van der Waals surface area contributed by atoms with Gasteiger partial charge in [0.2, 0.25) is 5.91 Å². The third-order valence-electron chi connectivity index (χ3n) is 3.15. The number of benzene rings is 1. The second kappa shape index (κ2) is 9.02. The molecule has 1 atom stereocenters. The van der Waals surface area contributed by atoms with E-state index in [-0.39, 0.29) is 24.3 Å². The van der Waals surface area contributed by atoms with Crippen LogP contribution in [0.3, 0.4) is 0 Å². The Labute approximate surface area is 131 Å². The Morgan fingerprint density at radius 1 is 1.27 bits per heavy atom. The van der Waals surface area contributed by atoms with Crippen molar-refractivity contribution >= 4 is 11.9 Å². The summed E-state index contributed by atoms with van der Waals surface area (Å²) in [7, 11) is 0. The summed E-state index contributed by atoms with van der Waals surface area (Å²) in [6.07, 6.45) is 0. The Morgan fingerprint density at radius 2 is 1.95 bits per heavy atom. The number of hydrogen-bond acceptors (Lipinski definition) is 2. The molecular formula is C16H25FN4O. The molecule has 0 aliphatic carbocycles. The summed E-state index contributed by atoms with van der Waals surface area (Å²) in [5.41, 5.74) is 1.44. The van der Waals surface area contributed by atoms with E-state index >= 15 is 0 Å². The first-order valence-electron chi connectivity index (χ1n) is 7.55. The van der Waals surface area contributed by atoms with Crippen molar-refractivity contribution in [2.24, 2.45) is 4.99 Å². The molecule has 0 aliphatic heterocycles. The van der Waals surface area contributed by atoms with E-state index in [1.54, 1.807) is 13.0 Å². The number of likely N-dealkylation sites (N-methyl/N-ethyl adjacent to an activating group) is 1. The third-order valence-corrected chi connectivity index (χ3v) is 3.15. The van der Waals surface area contributed by atoms with Crippen molar-refractivity contribution in [1.82, 2.24) is 16.0 Å². The zero-order valence-corrected chi connectivity index (χ0v) is 13.7. The Bertz CT molecular complexity index is 531. The van der Waals surface area contributed by atoms with Gasteiger partial charge >= 0.3 is 0 Å². The lowest BCUT2D eigenvalue weighted by Crippen LogP contribution is -2.39. The summed E-state index contributed by atoms with van der Waals surface area (Å²) in [6, 6.07) is 5.02. The smallest absolute Gasteiger partial charge is 0.241 e. The van der Waals surface area contributed by atoms with E-state index < -0.39 is 0 Å². The fourth-order valence-electron chi connectivity index (χ4n) is 1.89. The molecule has 3 N–H and O–H groups in total. The number of aliphatic imine (C=N–C) groups is 1. The van der Waals surface area contributed by atoms with Crippen molar-refractivity contribution in [3.63, 3.8) is 0 Å². The molecule has 0 aliphatic rings. The van der Waals surface area contributed by atoms with Crippen LogP contribution in [-0.4, -0.2) is 31.5 Å². The monoisotopic (exact) mass is 308 g/mol. The second-order valence-electron chi connectivity index (χ2n) is 5.02. The number of carbonyl (C=O) groups is 1. The third kappa shape index (κ3) is 5.71. The van der Waals surface area contributed by atoms with E-state index in [0.29, 0.717) is 24.6 Å². The van der Waals surface area contributed by atoms with Crippen molar-refractivity contribution in [2.75, 3.05) is 19.6 Å². The van der Waals surface area contributed by atoms with Crippen molar-refractivity contribution in [3.8, 4) is 0 Å². The van der Waals surface area contributed by atoms with Crippen LogP contribution in [0.1, 0.15) is 37.9 Å². The van der Waals surface area contributed by atoms with Gasteiger partial charge in [-0.05, 0) is 44.9 Å². The van der Waals surface area contributed by atoms with Crippen LogP contribution in [0.2, 0.25) is 0 Å². The predicted octanol–water partition coefficient (Wildman–Crippen LogP) is 1.89. The molecule has 6 heteroatoms. The molecule has 1 aromatic carbocycles. The van der Waals surface area contributed by atoms with Gasteiger partial charge in [-0.25, -0.2) is 9.38 Å². The van der Waals surface area contributed by atoms with E-state index in [2.05, 4.69) is 20.9 Å². The average Bonchev–Trinajstić information content (AvgIpc) is 2.48. The number of nitrogens with one attached hydrogen (secondary N) is 3. The molecule has 0 spiro atoms. The summed E-state index contributed by atoms with van der Waals surface area (Å²) in [4.78, 5) is 15.7. The molecule has 0 radical (unpaired) electrons. The fourth-order valence-corrected chi connectivity index (χ4v) is 1.89. The minimum absolute atomic E-state index is 0.0537. The van der Waals surface area contributed by atoms with Gasteiger partial charge in [0.1, 0.15) is 12.4 Å². The highest BCUT2D eigenvalue weighted by Crippen LogP contribution is 2.16. The zero-order chi connectivity index (χ0) is 16.5. The summed E-state index contributed by atoms with van der Waals surface area (Å²) in [5, 5.41) is 8.93. The Balaban J connectivity index is 2.74. The number of carbonyl (C=O) groups excluding carboxylic acids is 1. The second-order valence-corrected chi connectivity index (χ2v) is 5.02. The van der Waals surface area contributed by atoms with Crippen LogP contribution >= 0.6 is 0 Å². The van der Waals surface area contributed by atoms with Gasteiger partial charge in [0, 0.05) is 13.1 Å². The van der Waals surface area contributed by atoms with Crippen LogP contribution in [0.25, 0.3) is 0 Å². The quantitative estimate of drug-likeness (QED) is 0.555. The first-order chi connectivity index (χ1) is 10.5. The lowest BCUT2D eigenvalue weighted by molar-refractivity contribution is -0.119. The van der Waals surface area contributed by atoms with E-state index in [0.717, 1.165) is 5.56 Å². The predicted molar refractivity (Wildman–Crippen MR) is 87.4 cm³/mol. The largest absolute Gasteiger partial charge is 0.357 e. The van der Waals surface area contributed by atoms with Gasteiger partial charge in [0.05, 0.1) is 6.04 Å². The highest BCUT2D eigenvalue weighted by molar-refractivity contribution is 5.85. The van der Waals surface area contributed by atoms with Crippen molar-refractivity contribution < 1.29 is 9.18 Å². The highest BCUT2D eigenvalue weighted by Gasteiger charge is 2.10. The van der Waals surface area contributed by atoms with Gasteiger partial charge in [0.25, 0.3) is 0 Å². The maximum Gasteiger partial charge on any atom is 0.241 e. The fraction of sp³-hybridized carbons (Fsp3) is 0.500. The molecule has 122 valence electrons. The van der Waals surface area contributed by atoms with Gasteiger partial charge in [-0.15, -0.1) is 0 Å². The molecule has 1 rings (SSSR count). The molecule has 1 unspecified atom stereocenters. The molecule has 1 amide bonds. The molecule has 0 aromatic heterocycles. The normalized spacial score (nSPS) is 12.7. The van der Waals surface area contributed by atoms with Crippen molar-refractivity contribution in [1.29, 1.82) is 0 Å². The number of aryl methyl sites for hydroxylation is 1. The van der Waals surface area contributed by atoms with E-state index in [9.17, 15) is 9.18 Å². The molecule has 1 aromatic rings. The van der Waals surface area contributed by atoms with Gasteiger partial charge in [-0.1, -0.05) is 12.1 Å². The summed E-state index contributed by atoms with van der Waals surface area (Å²) in [5.74, 6) is 0.173. The van der Waals surface area contributed by atoms with Crippen LogP contribution in [0.5, 0.6) is 0 Å². The number of hydrogen-bond donors (Lipinski definition) is 3. The molecule has 0 saturated carbocycles. The molecule has 0 fully saturated rings. The molecular weight excluding hydrogens is 283 g/mol. The minimum atomic E-state index is -0.226. The number of halogens is 1. The Morgan fingerprint density at radius 3 is 2.55 bits per heavy atom. The topological polar surface area (TPSA) is 65.5 Å². The number of guanidine groups is 1. The Hall–Kier alpha value is -2.11. The molecule has 0 heterocycles. The highest BCUT2D eigenvalue weighted by atomic mass is 19.1. The number of nitrogens with zero attached hydrogens (tertiary/aromatic N) is 1. The van der Waals surface area contributed by atoms with Crippen LogP contribution in [-0.2, 0) is 4.79 Å². The van der Waals surface area contributed by atoms with Crippen molar-refractivity contribution in [3.05, 3.63) is 35.1 Å². The van der Waals surface area contributed by atoms with Crippen LogP contribution < -0.4 is 16.0 Å². The van der Waals surface area contributed by atoms with Crippen LogP contribution in [0.15, 0.2) is 23.2 Å². The minimum Gasteiger partial charge on any atom is -0.357 e. The standard InChI is InChI=1S/C16H25FN4O/c1-5-18-15(22)10-20-16(19-6-2)21-12(4)13-8-7-11(3)14(17)9-13/h7-9,12H,5-6,10H2,1-4H3,(H,18,22)(H2,19,20,21). The summed E-state index contributed by atoms with van der Waals surface area (Å²) < 4.78 is 13.6. The van der Waals surface area contributed by atoms with Crippen LogP contribution in [0.4, 0.5) is 4.39 Å². The van der Waals surface area contributed by atoms with Crippen molar-refractivity contribution in [2.45, 2.75) is 33.7 Å². The average molecular weight is 308 g/mol. The van der Waals surface area contributed by atoms with Gasteiger partial charge in [-0.2, -0.15) is 0 Å². The molecule has 5 nitrogen and oxygen atoms in total. The molecule has 0 bridgehead atoms. The number of rotatable bonds is 6. The van der Waals surface area contributed by atoms with Gasteiger partial charge < -0.3 is 16.0 Å². The van der Waals surface area contributed by atoms with E-state index in [1.165, 1.54) is 6.07 Å². The van der Waals surface area contributed by atoms with Crippen LogP contribution in [0, 0.1) is 12.7 Å². The summed E-state index contributed by atoms with van der Waals surface area (Å²) >= 11 is 0. The van der Waals surface area contributed by atoms with Gasteiger partial charge in [0.15, 0.2) is 5.96 Å². The molecule has 0 saturated heterocycles. The Kier molecular flexibility index (Phi) is 7.36. The van der Waals surface area contributed by atoms with Gasteiger partial charge in [-0.3, -0.25) is 4.79 Å². The lowest BCUT2D eigenvalue weighted by Gasteiger charge is -2.18.